The van der Waals surface area contributed by atoms with Gasteiger partial charge in [-0.1, -0.05) is 19.3 Å². The van der Waals surface area contributed by atoms with Crippen LogP contribution in [0, 0.1) is 0 Å². The van der Waals surface area contributed by atoms with E-state index in [0.717, 1.165) is 28.8 Å². The number of hydroxylamine groups is 1. The maximum absolute atomic E-state index is 11.4. The third-order valence-corrected chi connectivity index (χ3v) is 4.71. The van der Waals surface area contributed by atoms with Crippen molar-refractivity contribution >= 4 is 39.0 Å². The molecular formula is C15H20BrN5O2. The van der Waals surface area contributed by atoms with Gasteiger partial charge in [0.2, 0.25) is 0 Å². The number of pyridine rings is 1. The van der Waals surface area contributed by atoms with Gasteiger partial charge in [0.25, 0.3) is 5.91 Å². The van der Waals surface area contributed by atoms with Gasteiger partial charge in [0.05, 0.1) is 17.9 Å². The van der Waals surface area contributed by atoms with Crippen LogP contribution < -0.4 is 16.5 Å². The molecule has 8 heteroatoms. The van der Waals surface area contributed by atoms with Crippen LogP contribution in [0.15, 0.2) is 16.7 Å². The molecule has 0 spiro atoms. The SMILES string of the molecule is Nc1cc(Br)cn2c(NCC(=O)NO)c(C3CCCCC3)nc12. The number of nitrogens with one attached hydrogen (secondary N) is 2. The molecule has 0 aromatic carbocycles. The van der Waals surface area contributed by atoms with Gasteiger partial charge in [-0.25, -0.2) is 10.5 Å². The highest BCUT2D eigenvalue weighted by molar-refractivity contribution is 9.10. The number of anilines is 2. The van der Waals surface area contributed by atoms with E-state index < -0.39 is 5.91 Å². The van der Waals surface area contributed by atoms with Gasteiger partial charge in [0, 0.05) is 16.6 Å². The molecule has 1 aliphatic carbocycles. The maximum atomic E-state index is 11.4. The fourth-order valence-corrected chi connectivity index (χ4v) is 3.64. The summed E-state index contributed by atoms with van der Waals surface area (Å²) in [5.41, 5.74) is 9.93. The number of carbonyl (C=O) groups excluding carboxylic acids is 1. The summed E-state index contributed by atoms with van der Waals surface area (Å²) < 4.78 is 2.71. The summed E-state index contributed by atoms with van der Waals surface area (Å²) in [6.45, 7) is -0.0313. The minimum absolute atomic E-state index is 0.0313. The van der Waals surface area contributed by atoms with Crippen molar-refractivity contribution in [3.8, 4) is 0 Å². The Labute approximate surface area is 142 Å². The zero-order chi connectivity index (χ0) is 16.4. The molecule has 0 unspecified atom stereocenters. The van der Waals surface area contributed by atoms with E-state index in [2.05, 4.69) is 21.2 Å². The second kappa shape index (κ2) is 6.76. The molecule has 3 rings (SSSR count). The monoisotopic (exact) mass is 381 g/mol. The maximum Gasteiger partial charge on any atom is 0.262 e. The molecule has 1 saturated carbocycles. The number of fused-ring (bicyclic) bond motifs is 1. The summed E-state index contributed by atoms with van der Waals surface area (Å²) in [5, 5.41) is 11.8. The Hall–Kier alpha value is -1.80. The number of nitrogens with zero attached hydrogens (tertiary/aromatic N) is 2. The molecule has 0 aliphatic heterocycles. The number of hydrogen-bond acceptors (Lipinski definition) is 5. The van der Waals surface area contributed by atoms with Crippen molar-refractivity contribution in [2.24, 2.45) is 0 Å². The summed E-state index contributed by atoms with van der Waals surface area (Å²) in [6.07, 6.45) is 7.69. The van der Waals surface area contributed by atoms with E-state index in [1.54, 1.807) is 5.48 Å². The smallest absolute Gasteiger partial charge is 0.262 e. The Morgan fingerprint density at radius 1 is 1.43 bits per heavy atom. The molecule has 1 fully saturated rings. The third kappa shape index (κ3) is 3.28. The lowest BCUT2D eigenvalue weighted by Gasteiger charge is -2.21. The zero-order valence-electron chi connectivity index (χ0n) is 12.7. The second-order valence-electron chi connectivity index (χ2n) is 5.88. The second-order valence-corrected chi connectivity index (χ2v) is 6.79. The van der Waals surface area contributed by atoms with E-state index >= 15 is 0 Å². The third-order valence-electron chi connectivity index (χ3n) is 4.28. The molecule has 124 valence electrons. The Kier molecular flexibility index (Phi) is 4.72. The van der Waals surface area contributed by atoms with Crippen LogP contribution in [0.1, 0.15) is 43.7 Å². The van der Waals surface area contributed by atoms with Gasteiger partial charge in [-0.2, -0.15) is 0 Å². The van der Waals surface area contributed by atoms with Crippen LogP contribution in [0.2, 0.25) is 0 Å². The Morgan fingerprint density at radius 3 is 2.87 bits per heavy atom. The predicted octanol–water partition coefficient (Wildman–Crippen LogP) is 2.64. The summed E-state index contributed by atoms with van der Waals surface area (Å²) in [4.78, 5) is 16.1. The van der Waals surface area contributed by atoms with Crippen molar-refractivity contribution in [2.75, 3.05) is 17.6 Å². The number of amides is 1. The lowest BCUT2D eigenvalue weighted by atomic mass is 9.87. The van der Waals surface area contributed by atoms with Gasteiger partial charge in [0.1, 0.15) is 5.82 Å². The van der Waals surface area contributed by atoms with Gasteiger partial charge < -0.3 is 11.1 Å². The van der Waals surface area contributed by atoms with E-state index in [0.29, 0.717) is 17.3 Å². The molecule has 2 aromatic rings. The molecular weight excluding hydrogens is 362 g/mol. The number of nitrogen functional groups attached to an aromatic ring is 1. The number of imidazole rings is 1. The van der Waals surface area contributed by atoms with Crippen molar-refractivity contribution < 1.29 is 10.0 Å². The molecule has 23 heavy (non-hydrogen) atoms. The fourth-order valence-electron chi connectivity index (χ4n) is 3.19. The molecule has 0 bridgehead atoms. The molecule has 7 nitrogen and oxygen atoms in total. The van der Waals surface area contributed by atoms with Crippen LogP contribution in [0.25, 0.3) is 5.65 Å². The molecule has 1 amide bonds. The Bertz CT molecular complexity index is 724. The molecule has 0 saturated heterocycles. The van der Waals surface area contributed by atoms with Gasteiger partial charge in [-0.3, -0.25) is 14.4 Å². The first-order valence-corrected chi connectivity index (χ1v) is 8.53. The Balaban J connectivity index is 2.05. The quantitative estimate of drug-likeness (QED) is 0.481. The Morgan fingerprint density at radius 2 is 2.17 bits per heavy atom. The lowest BCUT2D eigenvalue weighted by Crippen LogP contribution is -2.27. The van der Waals surface area contributed by atoms with Crippen molar-refractivity contribution in [3.63, 3.8) is 0 Å². The predicted molar refractivity (Wildman–Crippen MR) is 91.5 cm³/mol. The molecule has 2 aromatic heterocycles. The van der Waals surface area contributed by atoms with Crippen molar-refractivity contribution in [3.05, 3.63) is 22.4 Å². The molecule has 5 N–H and O–H groups in total. The first-order chi connectivity index (χ1) is 11.1. The molecule has 2 heterocycles. The average Bonchev–Trinajstić information content (AvgIpc) is 2.92. The van der Waals surface area contributed by atoms with Crippen molar-refractivity contribution in [1.82, 2.24) is 14.9 Å². The fraction of sp³-hybridized carbons (Fsp3) is 0.467. The average molecular weight is 382 g/mol. The highest BCUT2D eigenvalue weighted by atomic mass is 79.9. The summed E-state index contributed by atoms with van der Waals surface area (Å²) in [7, 11) is 0. The van der Waals surface area contributed by atoms with Crippen molar-refractivity contribution in [1.29, 1.82) is 0 Å². The minimum atomic E-state index is -0.502. The number of rotatable bonds is 4. The number of hydrogen-bond donors (Lipinski definition) is 4. The van der Waals surface area contributed by atoms with Gasteiger partial charge >= 0.3 is 0 Å². The highest BCUT2D eigenvalue weighted by Crippen LogP contribution is 2.37. The molecule has 0 atom stereocenters. The lowest BCUT2D eigenvalue weighted by molar-refractivity contribution is -0.127. The summed E-state index contributed by atoms with van der Waals surface area (Å²) >= 11 is 3.44. The zero-order valence-corrected chi connectivity index (χ0v) is 14.3. The number of halogens is 1. The van der Waals surface area contributed by atoms with E-state index in [4.69, 9.17) is 15.9 Å². The standard InChI is InChI=1S/C15H20BrN5O2/c16-10-6-11(17)14-19-13(9-4-2-1-3-5-9)15(21(14)8-10)18-7-12(22)20-23/h6,8-9,18,23H,1-5,7,17H2,(H,20,22). The normalized spacial score (nSPS) is 15.7. The van der Waals surface area contributed by atoms with E-state index in [1.807, 2.05) is 16.7 Å². The molecule has 1 aliphatic rings. The van der Waals surface area contributed by atoms with E-state index in [1.165, 1.54) is 19.3 Å². The van der Waals surface area contributed by atoms with E-state index in [-0.39, 0.29) is 6.54 Å². The van der Waals surface area contributed by atoms with Crippen LogP contribution in [-0.2, 0) is 4.79 Å². The summed E-state index contributed by atoms with van der Waals surface area (Å²) in [5.74, 6) is 0.627. The first kappa shape index (κ1) is 16.1. The van der Waals surface area contributed by atoms with Crippen LogP contribution >= 0.6 is 15.9 Å². The van der Waals surface area contributed by atoms with Crippen LogP contribution in [-0.4, -0.2) is 27.0 Å². The number of aromatic nitrogens is 2. The topological polar surface area (TPSA) is 105 Å². The highest BCUT2D eigenvalue weighted by Gasteiger charge is 2.24. The molecule has 0 radical (unpaired) electrons. The van der Waals surface area contributed by atoms with Gasteiger partial charge in [-0.15, -0.1) is 0 Å². The summed E-state index contributed by atoms with van der Waals surface area (Å²) in [6, 6.07) is 1.82. The van der Waals surface area contributed by atoms with E-state index in [9.17, 15) is 4.79 Å². The van der Waals surface area contributed by atoms with Crippen LogP contribution in [0.4, 0.5) is 11.5 Å². The first-order valence-electron chi connectivity index (χ1n) is 7.74. The van der Waals surface area contributed by atoms with Crippen LogP contribution in [0.5, 0.6) is 0 Å². The number of carbonyl (C=O) groups is 1. The largest absolute Gasteiger partial charge is 0.396 e. The minimum Gasteiger partial charge on any atom is -0.396 e. The van der Waals surface area contributed by atoms with Crippen LogP contribution in [0.3, 0.4) is 0 Å². The van der Waals surface area contributed by atoms with Crippen molar-refractivity contribution in [2.45, 2.75) is 38.0 Å². The van der Waals surface area contributed by atoms with Gasteiger partial charge in [-0.05, 0) is 34.8 Å². The number of nitrogens with two attached hydrogens (primary N) is 1. The van der Waals surface area contributed by atoms with Gasteiger partial charge in [0.15, 0.2) is 5.65 Å².